The molecule has 0 aliphatic rings. The van der Waals surface area contributed by atoms with E-state index in [-0.39, 0.29) is 0 Å². The van der Waals surface area contributed by atoms with Crippen LogP contribution in [0, 0.1) is 0 Å². The van der Waals surface area contributed by atoms with Crippen molar-refractivity contribution in [3.8, 4) is 73.0 Å². The Morgan fingerprint density at radius 2 is 0.618 bits per heavy atom. The monoisotopic (exact) mass is 701 g/mol. The Kier molecular flexibility index (Phi) is 8.16. The maximum Gasteiger partial charge on any atom is 0.235 e. The van der Waals surface area contributed by atoms with E-state index in [1.165, 1.54) is 27.5 Å². The lowest BCUT2D eigenvalue weighted by molar-refractivity contribution is 0.995. The molecule has 0 N–H and O–H groups in total. The van der Waals surface area contributed by atoms with Gasteiger partial charge in [-0.15, -0.1) is 0 Å². The number of aromatic nitrogens is 3. The van der Waals surface area contributed by atoms with Crippen LogP contribution >= 0.6 is 0 Å². The Balaban J connectivity index is 1.16. The molecule has 0 unspecified atom stereocenters. The fourth-order valence-corrected chi connectivity index (χ4v) is 7.68. The van der Waals surface area contributed by atoms with Crippen LogP contribution in [0.3, 0.4) is 0 Å². The molecule has 0 aliphatic heterocycles. The molecule has 0 amide bonds. The molecule has 0 saturated heterocycles. The second-order valence-electron chi connectivity index (χ2n) is 13.9. The van der Waals surface area contributed by atoms with Crippen molar-refractivity contribution >= 4 is 21.8 Å². The van der Waals surface area contributed by atoms with Crippen LogP contribution in [-0.4, -0.2) is 14.5 Å². The number of para-hydroxylation sites is 2. The van der Waals surface area contributed by atoms with Crippen LogP contribution < -0.4 is 0 Å². The molecule has 0 radical (unpaired) electrons. The van der Waals surface area contributed by atoms with E-state index in [2.05, 4.69) is 217 Å². The summed E-state index contributed by atoms with van der Waals surface area (Å²) < 4.78 is 2.21. The lowest BCUT2D eigenvalue weighted by Crippen LogP contribution is -2.04. The van der Waals surface area contributed by atoms with Crippen molar-refractivity contribution in [2.75, 3.05) is 0 Å². The highest BCUT2D eigenvalue weighted by molar-refractivity contribution is 6.09. The Hall–Kier alpha value is -7.36. The van der Waals surface area contributed by atoms with Crippen LogP contribution in [0.1, 0.15) is 0 Å². The molecule has 0 bridgehead atoms. The third-order valence-electron chi connectivity index (χ3n) is 10.4. The normalized spacial score (nSPS) is 11.3. The molecule has 8 aromatic carbocycles. The van der Waals surface area contributed by atoms with Gasteiger partial charge in [0.1, 0.15) is 0 Å². The Labute approximate surface area is 320 Å². The summed E-state index contributed by atoms with van der Waals surface area (Å²) in [4.78, 5) is 10.7. The van der Waals surface area contributed by atoms with E-state index in [4.69, 9.17) is 9.97 Å². The van der Waals surface area contributed by atoms with Gasteiger partial charge in [0.15, 0.2) is 0 Å². The van der Waals surface area contributed by atoms with Crippen LogP contribution in [0.4, 0.5) is 0 Å². The molecule has 3 heteroatoms. The molecule has 0 fully saturated rings. The van der Waals surface area contributed by atoms with Crippen LogP contribution in [-0.2, 0) is 0 Å². The Bertz CT molecular complexity index is 2840. The van der Waals surface area contributed by atoms with Crippen LogP contribution in [0.5, 0.6) is 0 Å². The molecule has 0 aliphatic carbocycles. The summed E-state index contributed by atoms with van der Waals surface area (Å²) >= 11 is 0. The average molecular weight is 702 g/mol. The van der Waals surface area contributed by atoms with Gasteiger partial charge >= 0.3 is 0 Å². The van der Waals surface area contributed by atoms with Gasteiger partial charge in [-0.25, -0.2) is 9.97 Å². The van der Waals surface area contributed by atoms with Crippen molar-refractivity contribution < 1.29 is 0 Å². The Morgan fingerprint density at radius 1 is 0.255 bits per heavy atom. The molecule has 10 rings (SSSR count). The zero-order valence-electron chi connectivity index (χ0n) is 30.0. The second-order valence-corrected chi connectivity index (χ2v) is 13.9. The predicted octanol–water partition coefficient (Wildman–Crippen LogP) is 13.6. The molecule has 258 valence electrons. The first kappa shape index (κ1) is 32.3. The van der Waals surface area contributed by atoms with Crippen molar-refractivity contribution in [3.63, 3.8) is 0 Å². The predicted molar refractivity (Wildman–Crippen MR) is 229 cm³/mol. The van der Waals surface area contributed by atoms with Gasteiger partial charge in [0.2, 0.25) is 5.95 Å². The quantitative estimate of drug-likeness (QED) is 0.166. The third-order valence-corrected chi connectivity index (χ3v) is 10.4. The van der Waals surface area contributed by atoms with E-state index in [9.17, 15) is 0 Å². The van der Waals surface area contributed by atoms with Crippen LogP contribution in [0.2, 0.25) is 0 Å². The molecular weight excluding hydrogens is 667 g/mol. The number of fused-ring (bicyclic) bond motifs is 3. The smallest absolute Gasteiger partial charge is 0.235 e. The summed E-state index contributed by atoms with van der Waals surface area (Å²) in [5.74, 6) is 0.635. The van der Waals surface area contributed by atoms with E-state index in [1.807, 2.05) is 0 Å². The van der Waals surface area contributed by atoms with E-state index in [0.29, 0.717) is 5.95 Å². The van der Waals surface area contributed by atoms with Crippen molar-refractivity contribution in [2.24, 2.45) is 0 Å². The van der Waals surface area contributed by atoms with Gasteiger partial charge < -0.3 is 0 Å². The lowest BCUT2D eigenvalue weighted by Gasteiger charge is -2.14. The molecule has 3 nitrogen and oxygen atoms in total. The van der Waals surface area contributed by atoms with Gasteiger partial charge in [-0.05, 0) is 87.0 Å². The van der Waals surface area contributed by atoms with Crippen molar-refractivity contribution in [1.82, 2.24) is 14.5 Å². The number of benzene rings is 8. The van der Waals surface area contributed by atoms with Gasteiger partial charge in [-0.2, -0.15) is 0 Å². The van der Waals surface area contributed by atoms with Crippen molar-refractivity contribution in [3.05, 3.63) is 212 Å². The van der Waals surface area contributed by atoms with E-state index < -0.39 is 0 Å². The summed E-state index contributed by atoms with van der Waals surface area (Å²) in [6.07, 6.45) is 0. The summed E-state index contributed by atoms with van der Waals surface area (Å²) in [6.45, 7) is 0. The largest absolute Gasteiger partial charge is 0.278 e. The number of rotatable bonds is 7. The van der Waals surface area contributed by atoms with Gasteiger partial charge in [-0.3, -0.25) is 4.57 Å². The summed E-state index contributed by atoms with van der Waals surface area (Å²) in [5.41, 5.74) is 15.2. The highest BCUT2D eigenvalue weighted by atomic mass is 15.2. The van der Waals surface area contributed by atoms with Gasteiger partial charge in [-0.1, -0.05) is 170 Å². The first-order chi connectivity index (χ1) is 27.2. The highest BCUT2D eigenvalue weighted by Gasteiger charge is 2.18. The van der Waals surface area contributed by atoms with E-state index in [1.54, 1.807) is 0 Å². The second kappa shape index (κ2) is 13.9. The van der Waals surface area contributed by atoms with Gasteiger partial charge in [0, 0.05) is 21.9 Å². The minimum Gasteiger partial charge on any atom is -0.278 e. The molecule has 2 heterocycles. The molecule has 0 saturated carbocycles. The minimum absolute atomic E-state index is 0.635. The average Bonchev–Trinajstić information content (AvgIpc) is 3.61. The number of hydrogen-bond acceptors (Lipinski definition) is 2. The molecule has 55 heavy (non-hydrogen) atoms. The number of nitrogens with zero attached hydrogens (tertiary/aromatic N) is 3. The van der Waals surface area contributed by atoms with Crippen molar-refractivity contribution in [2.45, 2.75) is 0 Å². The molecular formula is C52H35N3. The third kappa shape index (κ3) is 6.18. The number of hydrogen-bond donors (Lipinski definition) is 0. The minimum atomic E-state index is 0.635. The first-order valence-electron chi connectivity index (χ1n) is 18.7. The zero-order valence-corrected chi connectivity index (χ0v) is 30.0. The summed E-state index contributed by atoms with van der Waals surface area (Å²) in [5, 5.41) is 2.35. The van der Waals surface area contributed by atoms with Gasteiger partial charge in [0.05, 0.1) is 22.4 Å². The van der Waals surface area contributed by atoms with Crippen molar-refractivity contribution in [1.29, 1.82) is 0 Å². The Morgan fingerprint density at radius 3 is 1.15 bits per heavy atom. The summed E-state index contributed by atoms with van der Waals surface area (Å²) in [6, 6.07) is 75.2. The summed E-state index contributed by atoms with van der Waals surface area (Å²) in [7, 11) is 0. The highest BCUT2D eigenvalue weighted by Crippen LogP contribution is 2.37. The zero-order chi connectivity index (χ0) is 36.6. The lowest BCUT2D eigenvalue weighted by atomic mass is 9.94. The van der Waals surface area contributed by atoms with E-state index in [0.717, 1.165) is 61.4 Å². The fraction of sp³-hybridized carbons (Fsp3) is 0. The van der Waals surface area contributed by atoms with Gasteiger partial charge in [0.25, 0.3) is 0 Å². The SMILES string of the molecule is c1ccc(-c2cccc(-c3ccc(-c4cc(-c5cc(-c6ccccc6)cc(-c6ccccc6)c5)nc(-n5c6ccccc6c6ccccc65)n4)cc3)c2)cc1. The van der Waals surface area contributed by atoms with Crippen LogP contribution in [0.25, 0.3) is 94.8 Å². The molecule has 2 aromatic heterocycles. The van der Waals surface area contributed by atoms with Crippen LogP contribution in [0.15, 0.2) is 212 Å². The maximum absolute atomic E-state index is 5.40. The molecule has 0 atom stereocenters. The molecule has 10 aromatic rings. The fourth-order valence-electron chi connectivity index (χ4n) is 7.68. The standard InChI is InChI=1S/C52H35N3/c1-4-15-36(16-5-1)41-21-14-22-42(31-41)39-27-29-40(30-28-39)48-35-49(54-52(53-48)55-50-25-12-10-23-46(50)47-24-11-13-26-51(47)55)45-33-43(37-17-6-2-7-18-37)32-44(34-45)38-19-8-3-9-20-38/h1-35H. The van der Waals surface area contributed by atoms with E-state index >= 15 is 0 Å². The topological polar surface area (TPSA) is 30.7 Å². The maximum atomic E-state index is 5.40. The first-order valence-corrected chi connectivity index (χ1v) is 18.7. The molecule has 0 spiro atoms.